The number of hydrogen-bond donors (Lipinski definition) is 2. The van der Waals surface area contributed by atoms with Gasteiger partial charge < -0.3 is 10.1 Å². The van der Waals surface area contributed by atoms with Crippen molar-refractivity contribution in [2.75, 3.05) is 0 Å². The highest BCUT2D eigenvalue weighted by molar-refractivity contribution is 14.1. The second kappa shape index (κ2) is 3.43. The molecule has 0 amide bonds. The lowest BCUT2D eigenvalue weighted by Gasteiger charge is -2.04. The monoisotopic (exact) mass is 321 g/mol. The minimum Gasteiger partial charge on any atom is -0.505 e. The maximum absolute atomic E-state index is 11.0. The topological polar surface area (TPSA) is 53.1 Å². The fourth-order valence-electron chi connectivity index (χ4n) is 1.24. The molecule has 0 aliphatic carbocycles. The number of phenols is 1. The van der Waals surface area contributed by atoms with Gasteiger partial charge in [-0.25, -0.2) is 0 Å². The van der Waals surface area contributed by atoms with Gasteiger partial charge in [0.1, 0.15) is 0 Å². The molecule has 0 saturated carbocycles. The number of nitrogens with one attached hydrogen (secondary N) is 1. The first-order valence-corrected chi connectivity index (χ1v) is 5.25. The third-order valence-electron chi connectivity index (χ3n) is 1.89. The maximum Gasteiger partial charge on any atom is 0.248 e. The van der Waals surface area contributed by atoms with Gasteiger partial charge in [0.2, 0.25) is 5.56 Å². The van der Waals surface area contributed by atoms with Crippen LogP contribution in [-0.4, -0.2) is 10.1 Å². The quantitative estimate of drug-likeness (QED) is 0.733. The van der Waals surface area contributed by atoms with Crippen LogP contribution >= 0.6 is 34.2 Å². The van der Waals surface area contributed by atoms with Crippen LogP contribution in [0.5, 0.6) is 5.75 Å². The molecule has 0 aliphatic rings. The number of halogens is 2. The van der Waals surface area contributed by atoms with E-state index in [0.717, 1.165) is 0 Å². The molecular formula is C9H5ClINO2. The van der Waals surface area contributed by atoms with Gasteiger partial charge in [0.15, 0.2) is 5.75 Å². The normalized spacial score (nSPS) is 10.7. The molecule has 2 rings (SSSR count). The molecule has 0 radical (unpaired) electrons. The predicted octanol–water partition coefficient (Wildman–Crippen LogP) is 2.49. The zero-order chi connectivity index (χ0) is 10.3. The van der Waals surface area contributed by atoms with E-state index in [0.29, 0.717) is 19.5 Å². The number of phenolic OH excluding ortho intramolecular Hbond substituents is 1. The molecule has 0 aliphatic heterocycles. The van der Waals surface area contributed by atoms with E-state index in [1.54, 1.807) is 12.1 Å². The summed E-state index contributed by atoms with van der Waals surface area (Å²) in [5, 5.41) is 10.8. The number of rotatable bonds is 0. The van der Waals surface area contributed by atoms with Gasteiger partial charge in [-0.3, -0.25) is 4.79 Å². The molecule has 0 unspecified atom stereocenters. The third kappa shape index (κ3) is 1.48. The molecule has 3 nitrogen and oxygen atoms in total. The van der Waals surface area contributed by atoms with Crippen molar-refractivity contribution in [2.45, 2.75) is 0 Å². The summed E-state index contributed by atoms with van der Waals surface area (Å²) in [7, 11) is 0. The van der Waals surface area contributed by atoms with Crippen LogP contribution in [-0.2, 0) is 0 Å². The van der Waals surface area contributed by atoms with Crippen LogP contribution in [0.1, 0.15) is 0 Å². The lowest BCUT2D eigenvalue weighted by molar-refractivity contribution is 0.476. The van der Waals surface area contributed by atoms with Crippen molar-refractivity contribution >= 4 is 45.1 Å². The highest BCUT2D eigenvalue weighted by Crippen LogP contribution is 2.32. The van der Waals surface area contributed by atoms with Gasteiger partial charge in [0.05, 0.1) is 14.1 Å². The Balaban J connectivity index is 3.02. The van der Waals surface area contributed by atoms with Gasteiger partial charge in [-0.2, -0.15) is 0 Å². The van der Waals surface area contributed by atoms with E-state index in [-0.39, 0.29) is 11.3 Å². The molecule has 2 N–H and O–H groups in total. The zero-order valence-electron chi connectivity index (χ0n) is 6.84. The second-order valence-electron chi connectivity index (χ2n) is 2.80. The number of H-pyrrole nitrogens is 1. The Labute approximate surface area is 97.9 Å². The van der Waals surface area contributed by atoms with E-state index < -0.39 is 0 Å². The molecule has 2 aromatic rings. The number of fused-ring (bicyclic) bond motifs is 1. The van der Waals surface area contributed by atoms with E-state index in [4.69, 9.17) is 11.6 Å². The fraction of sp³-hybridized carbons (Fsp3) is 0. The van der Waals surface area contributed by atoms with Crippen molar-refractivity contribution in [3.63, 3.8) is 0 Å². The minimum atomic E-state index is -0.258. The molecule has 14 heavy (non-hydrogen) atoms. The first kappa shape index (κ1) is 9.79. The van der Waals surface area contributed by atoms with Crippen LogP contribution in [0, 0.1) is 3.57 Å². The van der Waals surface area contributed by atoms with E-state index in [1.807, 2.05) is 22.6 Å². The summed E-state index contributed by atoms with van der Waals surface area (Å²) in [6.45, 7) is 0. The van der Waals surface area contributed by atoms with Crippen molar-refractivity contribution in [3.8, 4) is 5.75 Å². The van der Waals surface area contributed by atoms with Gasteiger partial charge in [0.25, 0.3) is 0 Å². The summed E-state index contributed by atoms with van der Waals surface area (Å²) >= 11 is 7.90. The molecule has 1 heterocycles. The van der Waals surface area contributed by atoms with Crippen molar-refractivity contribution in [3.05, 3.63) is 37.1 Å². The van der Waals surface area contributed by atoms with Crippen LogP contribution in [0.2, 0.25) is 5.02 Å². The number of aromatic hydroxyl groups is 1. The van der Waals surface area contributed by atoms with Crippen molar-refractivity contribution in [1.29, 1.82) is 0 Å². The van der Waals surface area contributed by atoms with Crippen molar-refractivity contribution in [2.24, 2.45) is 0 Å². The predicted molar refractivity (Wildman–Crippen MR) is 64.0 cm³/mol. The number of pyridine rings is 1. The van der Waals surface area contributed by atoms with Crippen LogP contribution < -0.4 is 5.56 Å². The van der Waals surface area contributed by atoms with Crippen LogP contribution in [0.15, 0.2) is 23.0 Å². The standard InChI is InChI=1S/C9H5ClINO2/c10-5-3-6(11)9(14)8-4(5)1-2-7(13)12-8/h1-3,14H,(H,12,13). The van der Waals surface area contributed by atoms with Crippen LogP contribution in [0.25, 0.3) is 10.9 Å². The van der Waals surface area contributed by atoms with Crippen LogP contribution in [0.4, 0.5) is 0 Å². The fourth-order valence-corrected chi connectivity index (χ4v) is 2.27. The minimum absolute atomic E-state index is 0.0581. The van der Waals surface area contributed by atoms with Crippen LogP contribution in [0.3, 0.4) is 0 Å². The molecule has 0 atom stereocenters. The second-order valence-corrected chi connectivity index (χ2v) is 4.37. The summed E-state index contributed by atoms with van der Waals surface area (Å²) < 4.78 is 0.613. The molecule has 0 spiro atoms. The smallest absolute Gasteiger partial charge is 0.248 e. The molecule has 0 fully saturated rings. The van der Waals surface area contributed by atoms with E-state index in [2.05, 4.69) is 4.98 Å². The molecule has 1 aromatic carbocycles. The zero-order valence-corrected chi connectivity index (χ0v) is 9.76. The number of aromatic amines is 1. The summed E-state index contributed by atoms with van der Waals surface area (Å²) in [6.07, 6.45) is 0. The largest absolute Gasteiger partial charge is 0.505 e. The number of aromatic nitrogens is 1. The molecule has 5 heteroatoms. The maximum atomic E-state index is 11.0. The lowest BCUT2D eigenvalue weighted by atomic mass is 10.2. The van der Waals surface area contributed by atoms with Gasteiger partial charge in [-0.05, 0) is 34.7 Å². The number of hydrogen-bond acceptors (Lipinski definition) is 2. The van der Waals surface area contributed by atoms with Gasteiger partial charge in [-0.15, -0.1) is 0 Å². The first-order valence-electron chi connectivity index (χ1n) is 3.79. The van der Waals surface area contributed by atoms with E-state index in [1.165, 1.54) is 6.07 Å². The lowest BCUT2D eigenvalue weighted by Crippen LogP contribution is -2.02. The SMILES string of the molecule is O=c1ccc2c(Cl)cc(I)c(O)c2[nH]1. The third-order valence-corrected chi connectivity index (χ3v) is 3.03. The van der Waals surface area contributed by atoms with E-state index >= 15 is 0 Å². The van der Waals surface area contributed by atoms with Crippen molar-refractivity contribution in [1.82, 2.24) is 4.98 Å². The molecule has 72 valence electrons. The molecule has 1 aromatic heterocycles. The molecular weight excluding hydrogens is 316 g/mol. The van der Waals surface area contributed by atoms with Gasteiger partial charge >= 0.3 is 0 Å². The Hall–Kier alpha value is -0.750. The Bertz CT molecular complexity index is 564. The Kier molecular flexibility index (Phi) is 2.40. The van der Waals surface area contributed by atoms with Crippen molar-refractivity contribution < 1.29 is 5.11 Å². The average Bonchev–Trinajstić information content (AvgIpc) is 2.14. The highest BCUT2D eigenvalue weighted by Gasteiger charge is 2.08. The Morgan fingerprint density at radius 3 is 2.86 bits per heavy atom. The molecule has 0 bridgehead atoms. The van der Waals surface area contributed by atoms with Gasteiger partial charge in [-0.1, -0.05) is 11.6 Å². The summed E-state index contributed by atoms with van der Waals surface area (Å²) in [5.74, 6) is 0.0581. The summed E-state index contributed by atoms with van der Waals surface area (Å²) in [5.41, 5.74) is 0.125. The summed E-state index contributed by atoms with van der Waals surface area (Å²) in [6, 6.07) is 4.62. The Morgan fingerprint density at radius 2 is 2.14 bits per heavy atom. The Morgan fingerprint density at radius 1 is 1.43 bits per heavy atom. The first-order chi connectivity index (χ1) is 6.59. The molecule has 0 saturated heterocycles. The number of benzene rings is 1. The van der Waals surface area contributed by atoms with E-state index in [9.17, 15) is 9.90 Å². The van der Waals surface area contributed by atoms with Gasteiger partial charge in [0, 0.05) is 11.5 Å². The average molecular weight is 322 g/mol. The highest BCUT2D eigenvalue weighted by atomic mass is 127. The summed E-state index contributed by atoms with van der Waals surface area (Å²) in [4.78, 5) is 13.6.